The number of aromatic amines is 1. The maximum absolute atomic E-state index is 5.41. The summed E-state index contributed by atoms with van der Waals surface area (Å²) in [5.74, 6) is 0. The van der Waals surface area contributed by atoms with Gasteiger partial charge in [0.25, 0.3) is 0 Å². The Bertz CT molecular complexity index is 768. The summed E-state index contributed by atoms with van der Waals surface area (Å²) >= 11 is 5.41. The van der Waals surface area contributed by atoms with E-state index in [1.807, 2.05) is 6.07 Å². The van der Waals surface area contributed by atoms with Crippen LogP contribution in [-0.2, 0) is 13.0 Å². The van der Waals surface area contributed by atoms with Crippen LogP contribution in [0.4, 0.5) is 0 Å². The van der Waals surface area contributed by atoms with Crippen molar-refractivity contribution in [3.63, 3.8) is 0 Å². The number of aryl methyl sites for hydroxylation is 3. The van der Waals surface area contributed by atoms with E-state index in [1.54, 1.807) is 0 Å². The van der Waals surface area contributed by atoms with Gasteiger partial charge in [-0.1, -0.05) is 36.4 Å². The smallest absolute Gasteiger partial charge is 0.178 e. The summed E-state index contributed by atoms with van der Waals surface area (Å²) in [6.07, 6.45) is 1.00. The highest BCUT2D eigenvalue weighted by Crippen LogP contribution is 2.15. The standard InChI is InChI=1S/C16H16N2S/c1-12-6-2-3-7-13(12)10-11-18-15-9-5-4-8-14(15)17-16(18)19/h2-9H,10-11H2,1H3,(H,17,19). The van der Waals surface area contributed by atoms with E-state index in [0.717, 1.165) is 23.3 Å². The Kier molecular flexibility index (Phi) is 3.22. The minimum atomic E-state index is 0.801. The summed E-state index contributed by atoms with van der Waals surface area (Å²) in [6, 6.07) is 16.8. The average Bonchev–Trinajstić information content (AvgIpc) is 2.74. The van der Waals surface area contributed by atoms with Crippen LogP contribution in [0, 0.1) is 11.7 Å². The molecule has 3 aromatic rings. The third-order valence-corrected chi connectivity index (χ3v) is 3.87. The lowest BCUT2D eigenvalue weighted by molar-refractivity contribution is 0.704. The average molecular weight is 268 g/mol. The summed E-state index contributed by atoms with van der Waals surface area (Å²) in [7, 11) is 0. The molecule has 0 saturated heterocycles. The van der Waals surface area contributed by atoms with Gasteiger partial charge in [-0.3, -0.25) is 0 Å². The van der Waals surface area contributed by atoms with Crippen LogP contribution < -0.4 is 0 Å². The Morgan fingerprint density at radius 1 is 1.05 bits per heavy atom. The number of imidazole rings is 1. The van der Waals surface area contributed by atoms with Gasteiger partial charge in [0.2, 0.25) is 0 Å². The second-order valence-corrected chi connectivity index (χ2v) is 5.16. The fourth-order valence-electron chi connectivity index (χ4n) is 2.45. The Balaban J connectivity index is 1.92. The van der Waals surface area contributed by atoms with Crippen molar-refractivity contribution in [3.05, 3.63) is 64.4 Å². The lowest BCUT2D eigenvalue weighted by atomic mass is 10.1. The third-order valence-electron chi connectivity index (χ3n) is 3.55. The van der Waals surface area contributed by atoms with E-state index in [1.165, 1.54) is 16.6 Å². The number of hydrogen-bond acceptors (Lipinski definition) is 1. The number of hydrogen-bond donors (Lipinski definition) is 1. The fraction of sp³-hybridized carbons (Fsp3) is 0.188. The largest absolute Gasteiger partial charge is 0.331 e. The molecule has 0 atom stereocenters. The molecule has 0 aliphatic heterocycles. The normalized spacial score (nSPS) is 11.0. The van der Waals surface area contributed by atoms with Gasteiger partial charge in [0.15, 0.2) is 4.77 Å². The van der Waals surface area contributed by atoms with Crippen molar-refractivity contribution in [2.75, 3.05) is 0 Å². The Morgan fingerprint density at radius 3 is 2.63 bits per heavy atom. The van der Waals surface area contributed by atoms with Gasteiger partial charge < -0.3 is 9.55 Å². The molecule has 3 heteroatoms. The van der Waals surface area contributed by atoms with Crippen molar-refractivity contribution in [3.8, 4) is 0 Å². The van der Waals surface area contributed by atoms with Crippen molar-refractivity contribution in [2.45, 2.75) is 19.9 Å². The van der Waals surface area contributed by atoms with E-state index in [9.17, 15) is 0 Å². The molecule has 0 saturated carbocycles. The molecule has 19 heavy (non-hydrogen) atoms. The van der Waals surface area contributed by atoms with Gasteiger partial charge in [-0.15, -0.1) is 0 Å². The number of H-pyrrole nitrogens is 1. The summed E-state index contributed by atoms with van der Waals surface area (Å²) in [6.45, 7) is 3.07. The predicted octanol–water partition coefficient (Wildman–Crippen LogP) is 4.25. The van der Waals surface area contributed by atoms with Gasteiger partial charge in [-0.2, -0.15) is 0 Å². The van der Waals surface area contributed by atoms with Gasteiger partial charge in [0.05, 0.1) is 11.0 Å². The molecule has 0 spiro atoms. The first kappa shape index (κ1) is 12.2. The number of benzene rings is 2. The molecule has 2 nitrogen and oxygen atoms in total. The summed E-state index contributed by atoms with van der Waals surface area (Å²) in [4.78, 5) is 3.26. The first-order chi connectivity index (χ1) is 9.25. The number of para-hydroxylation sites is 2. The van der Waals surface area contributed by atoms with Crippen molar-refractivity contribution in [1.29, 1.82) is 0 Å². The van der Waals surface area contributed by atoms with Crippen LogP contribution >= 0.6 is 12.2 Å². The van der Waals surface area contributed by atoms with E-state index in [4.69, 9.17) is 12.2 Å². The Hall–Kier alpha value is -1.87. The first-order valence-electron chi connectivity index (χ1n) is 6.48. The van der Waals surface area contributed by atoms with Gasteiger partial charge in [-0.25, -0.2) is 0 Å². The maximum atomic E-state index is 5.41. The zero-order chi connectivity index (χ0) is 13.2. The SMILES string of the molecule is Cc1ccccc1CCn1c(=S)[nH]c2ccccc21. The molecule has 0 unspecified atom stereocenters. The van der Waals surface area contributed by atoms with Crippen LogP contribution in [0.1, 0.15) is 11.1 Å². The maximum Gasteiger partial charge on any atom is 0.178 e. The summed E-state index contributed by atoms with van der Waals surface area (Å²) < 4.78 is 2.98. The highest BCUT2D eigenvalue weighted by atomic mass is 32.1. The molecular weight excluding hydrogens is 252 g/mol. The van der Waals surface area contributed by atoms with Crippen molar-refractivity contribution in [1.82, 2.24) is 9.55 Å². The molecular formula is C16H16N2S. The van der Waals surface area contributed by atoms with Gasteiger partial charge >= 0.3 is 0 Å². The minimum absolute atomic E-state index is 0.801. The van der Waals surface area contributed by atoms with Gasteiger partial charge in [0, 0.05) is 6.54 Å². The summed E-state index contributed by atoms with van der Waals surface area (Å²) in [5.41, 5.74) is 5.02. The molecule has 96 valence electrons. The lowest BCUT2D eigenvalue weighted by Crippen LogP contribution is -2.02. The molecule has 0 fully saturated rings. The second-order valence-electron chi connectivity index (χ2n) is 4.78. The Morgan fingerprint density at radius 2 is 1.79 bits per heavy atom. The topological polar surface area (TPSA) is 20.7 Å². The number of nitrogens with one attached hydrogen (secondary N) is 1. The zero-order valence-electron chi connectivity index (χ0n) is 10.9. The van der Waals surface area contributed by atoms with Crippen LogP contribution in [0.2, 0.25) is 0 Å². The number of fused-ring (bicyclic) bond motifs is 1. The monoisotopic (exact) mass is 268 g/mol. The molecule has 1 N–H and O–H groups in total. The minimum Gasteiger partial charge on any atom is -0.331 e. The highest BCUT2D eigenvalue weighted by molar-refractivity contribution is 7.71. The van der Waals surface area contributed by atoms with Crippen molar-refractivity contribution in [2.24, 2.45) is 0 Å². The fourth-order valence-corrected chi connectivity index (χ4v) is 2.75. The molecule has 1 heterocycles. The van der Waals surface area contributed by atoms with Crippen LogP contribution in [0.3, 0.4) is 0 Å². The quantitative estimate of drug-likeness (QED) is 0.704. The number of aromatic nitrogens is 2. The summed E-state index contributed by atoms with van der Waals surface area (Å²) in [5, 5.41) is 0. The van der Waals surface area contributed by atoms with E-state index in [2.05, 4.69) is 58.9 Å². The van der Waals surface area contributed by atoms with Crippen LogP contribution in [-0.4, -0.2) is 9.55 Å². The first-order valence-corrected chi connectivity index (χ1v) is 6.88. The molecule has 0 aliphatic carbocycles. The molecule has 2 aromatic carbocycles. The highest BCUT2D eigenvalue weighted by Gasteiger charge is 2.04. The van der Waals surface area contributed by atoms with Crippen LogP contribution in [0.15, 0.2) is 48.5 Å². The number of nitrogens with zero attached hydrogens (tertiary/aromatic N) is 1. The van der Waals surface area contributed by atoms with E-state index >= 15 is 0 Å². The predicted molar refractivity (Wildman–Crippen MR) is 82.0 cm³/mol. The molecule has 0 aliphatic rings. The van der Waals surface area contributed by atoms with E-state index in [0.29, 0.717) is 0 Å². The Labute approximate surface area is 117 Å². The second kappa shape index (κ2) is 5.02. The molecule has 1 aromatic heterocycles. The van der Waals surface area contributed by atoms with E-state index < -0.39 is 0 Å². The van der Waals surface area contributed by atoms with Gasteiger partial charge in [-0.05, 0) is 48.8 Å². The lowest BCUT2D eigenvalue weighted by Gasteiger charge is -2.07. The molecule has 0 radical (unpaired) electrons. The third kappa shape index (κ3) is 2.34. The molecule has 0 amide bonds. The van der Waals surface area contributed by atoms with Gasteiger partial charge in [0.1, 0.15) is 0 Å². The van der Waals surface area contributed by atoms with Crippen molar-refractivity contribution < 1.29 is 0 Å². The number of rotatable bonds is 3. The zero-order valence-corrected chi connectivity index (χ0v) is 11.7. The molecule has 0 bridgehead atoms. The molecule has 3 rings (SSSR count). The van der Waals surface area contributed by atoms with E-state index in [-0.39, 0.29) is 0 Å². The van der Waals surface area contributed by atoms with Crippen LogP contribution in [0.5, 0.6) is 0 Å². The van der Waals surface area contributed by atoms with Crippen molar-refractivity contribution >= 4 is 23.3 Å². The van der Waals surface area contributed by atoms with Crippen LogP contribution in [0.25, 0.3) is 11.0 Å².